The van der Waals surface area contributed by atoms with E-state index >= 15 is 0 Å². The van der Waals surface area contributed by atoms with Gasteiger partial charge in [-0.25, -0.2) is 9.97 Å². The second-order valence-corrected chi connectivity index (χ2v) is 4.42. The Balaban J connectivity index is 1.74. The molecule has 0 atom stereocenters. The van der Waals surface area contributed by atoms with Crippen molar-refractivity contribution >= 4 is 5.82 Å². The van der Waals surface area contributed by atoms with Crippen LogP contribution >= 0.6 is 0 Å². The summed E-state index contributed by atoms with van der Waals surface area (Å²) in [5.41, 5.74) is 2.30. The van der Waals surface area contributed by atoms with Gasteiger partial charge in [0.15, 0.2) is 0 Å². The zero-order valence-corrected chi connectivity index (χ0v) is 11.4. The van der Waals surface area contributed by atoms with Crippen molar-refractivity contribution < 1.29 is 4.74 Å². The van der Waals surface area contributed by atoms with Gasteiger partial charge in [-0.1, -0.05) is 12.1 Å². The highest BCUT2D eigenvalue weighted by Gasteiger charge is 1.97. The lowest BCUT2D eigenvalue weighted by Crippen LogP contribution is -2.05. The minimum Gasteiger partial charge on any atom is -0.497 e. The van der Waals surface area contributed by atoms with Gasteiger partial charge in [0.05, 0.1) is 7.11 Å². The first-order valence-electron chi connectivity index (χ1n) is 6.43. The van der Waals surface area contributed by atoms with E-state index in [0.717, 1.165) is 36.6 Å². The highest BCUT2D eigenvalue weighted by molar-refractivity contribution is 5.34. The van der Waals surface area contributed by atoms with Gasteiger partial charge in [-0.05, 0) is 37.5 Å². The average molecular weight is 257 g/mol. The van der Waals surface area contributed by atoms with E-state index in [-0.39, 0.29) is 0 Å². The van der Waals surface area contributed by atoms with Crippen molar-refractivity contribution in [3.8, 4) is 5.75 Å². The minimum absolute atomic E-state index is 0.891. The van der Waals surface area contributed by atoms with E-state index in [2.05, 4.69) is 27.4 Å². The molecule has 19 heavy (non-hydrogen) atoms. The van der Waals surface area contributed by atoms with Crippen molar-refractivity contribution in [3.63, 3.8) is 0 Å². The molecule has 0 fully saturated rings. The number of aryl methyl sites for hydroxylation is 2. The maximum Gasteiger partial charge on any atom is 0.129 e. The minimum atomic E-state index is 0.891. The van der Waals surface area contributed by atoms with Gasteiger partial charge in [-0.3, -0.25) is 0 Å². The van der Waals surface area contributed by atoms with Crippen LogP contribution in [0.15, 0.2) is 36.7 Å². The van der Waals surface area contributed by atoms with E-state index < -0.39 is 0 Å². The largest absolute Gasteiger partial charge is 0.497 e. The van der Waals surface area contributed by atoms with Crippen LogP contribution in [-0.2, 0) is 6.42 Å². The van der Waals surface area contributed by atoms with Gasteiger partial charge in [0.2, 0.25) is 0 Å². The van der Waals surface area contributed by atoms with Crippen molar-refractivity contribution in [2.24, 2.45) is 0 Å². The van der Waals surface area contributed by atoms with Gasteiger partial charge < -0.3 is 10.1 Å². The molecule has 2 aromatic rings. The molecule has 0 bridgehead atoms. The van der Waals surface area contributed by atoms with Crippen LogP contribution in [0.4, 0.5) is 5.82 Å². The molecule has 0 amide bonds. The van der Waals surface area contributed by atoms with Crippen LogP contribution in [0.2, 0.25) is 0 Å². The van der Waals surface area contributed by atoms with E-state index in [0.29, 0.717) is 0 Å². The van der Waals surface area contributed by atoms with Crippen molar-refractivity contribution in [2.75, 3.05) is 19.0 Å². The summed E-state index contributed by atoms with van der Waals surface area (Å²) in [5, 5.41) is 3.30. The Morgan fingerprint density at radius 2 is 1.95 bits per heavy atom. The second-order valence-electron chi connectivity index (χ2n) is 4.42. The number of ether oxygens (including phenoxy) is 1. The summed E-state index contributed by atoms with van der Waals surface area (Å²) in [6, 6.07) is 10.2. The summed E-state index contributed by atoms with van der Waals surface area (Å²) in [6.07, 6.45) is 3.69. The fourth-order valence-corrected chi connectivity index (χ4v) is 1.85. The summed E-state index contributed by atoms with van der Waals surface area (Å²) in [4.78, 5) is 8.24. The van der Waals surface area contributed by atoms with E-state index in [1.807, 2.05) is 25.1 Å². The molecule has 0 aliphatic rings. The number of benzene rings is 1. The summed E-state index contributed by atoms with van der Waals surface area (Å²) < 4.78 is 5.14. The standard InChI is InChI=1S/C15H19N3O/c1-12-10-15(18-11-17-12)16-9-3-4-13-5-7-14(19-2)8-6-13/h5-8,10-11H,3-4,9H2,1-2H3,(H,16,17,18). The highest BCUT2D eigenvalue weighted by atomic mass is 16.5. The van der Waals surface area contributed by atoms with Crippen molar-refractivity contribution in [1.82, 2.24) is 9.97 Å². The Bertz CT molecular complexity index is 511. The smallest absolute Gasteiger partial charge is 0.129 e. The lowest BCUT2D eigenvalue weighted by molar-refractivity contribution is 0.414. The Hall–Kier alpha value is -2.10. The molecule has 4 nitrogen and oxygen atoms in total. The van der Waals surface area contributed by atoms with Crippen molar-refractivity contribution in [1.29, 1.82) is 0 Å². The fraction of sp³-hybridized carbons (Fsp3) is 0.333. The van der Waals surface area contributed by atoms with Crippen LogP contribution in [0, 0.1) is 6.92 Å². The maximum atomic E-state index is 5.14. The van der Waals surface area contributed by atoms with Crippen LogP contribution in [0.3, 0.4) is 0 Å². The van der Waals surface area contributed by atoms with E-state index in [1.54, 1.807) is 13.4 Å². The number of hydrogen-bond acceptors (Lipinski definition) is 4. The number of methoxy groups -OCH3 is 1. The van der Waals surface area contributed by atoms with Gasteiger partial charge >= 0.3 is 0 Å². The van der Waals surface area contributed by atoms with Gasteiger partial charge in [0.1, 0.15) is 17.9 Å². The van der Waals surface area contributed by atoms with Crippen LogP contribution in [0.1, 0.15) is 17.7 Å². The van der Waals surface area contributed by atoms with Gasteiger partial charge in [0, 0.05) is 18.3 Å². The van der Waals surface area contributed by atoms with Gasteiger partial charge in [-0.15, -0.1) is 0 Å². The molecule has 0 aliphatic carbocycles. The molecule has 0 spiro atoms. The van der Waals surface area contributed by atoms with Gasteiger partial charge in [0.25, 0.3) is 0 Å². The number of rotatable bonds is 6. The third-order valence-corrected chi connectivity index (χ3v) is 2.91. The first-order chi connectivity index (χ1) is 9.28. The predicted molar refractivity (Wildman–Crippen MR) is 76.6 cm³/mol. The summed E-state index contributed by atoms with van der Waals surface area (Å²) >= 11 is 0. The van der Waals surface area contributed by atoms with Crippen molar-refractivity contribution in [2.45, 2.75) is 19.8 Å². The second kappa shape index (κ2) is 6.73. The highest BCUT2D eigenvalue weighted by Crippen LogP contribution is 2.12. The maximum absolute atomic E-state index is 5.14. The first-order valence-corrected chi connectivity index (χ1v) is 6.43. The van der Waals surface area contributed by atoms with E-state index in [4.69, 9.17) is 4.74 Å². The number of nitrogens with one attached hydrogen (secondary N) is 1. The molecule has 0 unspecified atom stereocenters. The third kappa shape index (κ3) is 4.25. The molecule has 1 aromatic carbocycles. The number of hydrogen-bond donors (Lipinski definition) is 1. The van der Waals surface area contributed by atoms with E-state index in [9.17, 15) is 0 Å². The van der Waals surface area contributed by atoms with Crippen LogP contribution in [-0.4, -0.2) is 23.6 Å². The number of nitrogens with zero attached hydrogens (tertiary/aromatic N) is 2. The zero-order valence-electron chi connectivity index (χ0n) is 11.4. The fourth-order valence-electron chi connectivity index (χ4n) is 1.85. The normalized spacial score (nSPS) is 10.2. The molecule has 0 saturated carbocycles. The lowest BCUT2D eigenvalue weighted by atomic mass is 10.1. The molecule has 100 valence electrons. The van der Waals surface area contributed by atoms with Gasteiger partial charge in [-0.2, -0.15) is 0 Å². The Kier molecular flexibility index (Phi) is 4.72. The predicted octanol–water partition coefficient (Wildman–Crippen LogP) is 2.84. The SMILES string of the molecule is COc1ccc(CCCNc2cc(C)ncn2)cc1. The molecule has 1 heterocycles. The molecule has 1 N–H and O–H groups in total. The zero-order chi connectivity index (χ0) is 13.5. The molecule has 1 aromatic heterocycles. The first kappa shape index (κ1) is 13.3. The molecule has 2 rings (SSSR count). The topological polar surface area (TPSA) is 47.0 Å². The molecule has 0 radical (unpaired) electrons. The monoisotopic (exact) mass is 257 g/mol. The molecule has 0 saturated heterocycles. The van der Waals surface area contributed by atoms with Crippen molar-refractivity contribution in [3.05, 3.63) is 47.9 Å². The van der Waals surface area contributed by atoms with E-state index in [1.165, 1.54) is 5.56 Å². The summed E-state index contributed by atoms with van der Waals surface area (Å²) in [6.45, 7) is 2.87. The number of aromatic nitrogens is 2. The number of anilines is 1. The molecule has 4 heteroatoms. The summed E-state index contributed by atoms with van der Waals surface area (Å²) in [5.74, 6) is 1.79. The molecular formula is C15H19N3O. The van der Waals surface area contributed by atoms with Crippen LogP contribution in [0.25, 0.3) is 0 Å². The Labute approximate surface area is 113 Å². The van der Waals surface area contributed by atoms with Crippen LogP contribution < -0.4 is 10.1 Å². The lowest BCUT2D eigenvalue weighted by Gasteiger charge is -2.06. The molecular weight excluding hydrogens is 238 g/mol. The van der Waals surface area contributed by atoms with Crippen LogP contribution in [0.5, 0.6) is 5.75 Å². The molecule has 0 aliphatic heterocycles. The Morgan fingerprint density at radius 3 is 2.63 bits per heavy atom. The Morgan fingerprint density at radius 1 is 1.16 bits per heavy atom. The summed E-state index contributed by atoms with van der Waals surface area (Å²) in [7, 11) is 1.68. The average Bonchev–Trinajstić information content (AvgIpc) is 2.44. The third-order valence-electron chi connectivity index (χ3n) is 2.91. The quantitative estimate of drug-likeness (QED) is 0.808.